The van der Waals surface area contributed by atoms with E-state index in [1.54, 1.807) is 0 Å². The molecule has 48 heavy (non-hydrogen) atoms. The van der Waals surface area contributed by atoms with Crippen LogP contribution in [-0.2, 0) is 0 Å². The first kappa shape index (κ1) is 29.0. The molecule has 2 aromatic heterocycles. The standard InChI is InChI=1S/C44H26Br2N2/c45-33-19-23-41-31(25-33)17-21-39(47-41)27-9-13-29(14-10-27)43-35-5-1-2-6-36(35)44(38-8-4-3-7-37(38)43)30-15-11-28(12-16-30)40-22-18-32-26-34(46)20-24-42(32)48-40/h1-26H. The van der Waals surface area contributed by atoms with Gasteiger partial charge in [-0.2, -0.15) is 0 Å². The van der Waals surface area contributed by atoms with Crippen LogP contribution in [0.25, 0.3) is 88.1 Å². The summed E-state index contributed by atoms with van der Waals surface area (Å²) in [6.07, 6.45) is 0. The molecule has 9 aromatic rings. The number of aromatic nitrogens is 2. The molecule has 0 bridgehead atoms. The highest BCUT2D eigenvalue weighted by molar-refractivity contribution is 9.10. The van der Waals surface area contributed by atoms with Crippen LogP contribution in [-0.4, -0.2) is 9.97 Å². The van der Waals surface area contributed by atoms with E-state index in [4.69, 9.17) is 9.97 Å². The predicted molar refractivity (Wildman–Crippen MR) is 209 cm³/mol. The minimum absolute atomic E-state index is 0.969. The summed E-state index contributed by atoms with van der Waals surface area (Å²) in [6, 6.07) is 56.2. The topological polar surface area (TPSA) is 25.8 Å². The van der Waals surface area contributed by atoms with E-state index in [1.165, 1.54) is 43.8 Å². The third kappa shape index (κ3) is 5.09. The molecular formula is C44H26Br2N2. The van der Waals surface area contributed by atoms with Gasteiger partial charge in [-0.05, 0) is 92.3 Å². The van der Waals surface area contributed by atoms with Crippen molar-refractivity contribution >= 4 is 75.2 Å². The van der Waals surface area contributed by atoms with Crippen molar-refractivity contribution in [1.29, 1.82) is 0 Å². The van der Waals surface area contributed by atoms with E-state index in [0.29, 0.717) is 0 Å². The molecule has 0 atom stereocenters. The SMILES string of the molecule is Brc1ccc2nc(-c3ccc(-c4c5ccccc5c(-c5ccc(-c6ccc7cc(Br)ccc7n6)cc5)c5ccccc45)cc3)ccc2c1. The van der Waals surface area contributed by atoms with Crippen molar-refractivity contribution in [3.63, 3.8) is 0 Å². The van der Waals surface area contributed by atoms with Gasteiger partial charge in [-0.1, -0.05) is 141 Å². The second-order valence-corrected chi connectivity index (χ2v) is 13.9. The van der Waals surface area contributed by atoms with E-state index < -0.39 is 0 Å². The van der Waals surface area contributed by atoms with Crippen LogP contribution in [0.15, 0.2) is 167 Å². The van der Waals surface area contributed by atoms with E-state index in [2.05, 4.69) is 177 Å². The Morgan fingerprint density at radius 3 is 1.06 bits per heavy atom. The minimum Gasteiger partial charge on any atom is -0.248 e. The lowest BCUT2D eigenvalue weighted by Crippen LogP contribution is -1.91. The second-order valence-electron chi connectivity index (χ2n) is 12.1. The fourth-order valence-corrected chi connectivity index (χ4v) is 7.64. The van der Waals surface area contributed by atoms with Gasteiger partial charge in [0.05, 0.1) is 22.4 Å². The van der Waals surface area contributed by atoms with Crippen LogP contribution in [0, 0.1) is 0 Å². The van der Waals surface area contributed by atoms with Crippen molar-refractivity contribution in [2.75, 3.05) is 0 Å². The van der Waals surface area contributed by atoms with Crippen LogP contribution in [0.2, 0.25) is 0 Å². The molecule has 0 saturated carbocycles. The van der Waals surface area contributed by atoms with Crippen LogP contribution < -0.4 is 0 Å². The van der Waals surface area contributed by atoms with Gasteiger partial charge in [0.1, 0.15) is 0 Å². The lowest BCUT2D eigenvalue weighted by atomic mass is 9.85. The molecule has 2 nitrogen and oxygen atoms in total. The maximum atomic E-state index is 4.95. The van der Waals surface area contributed by atoms with E-state index in [0.717, 1.165) is 53.3 Å². The summed E-state index contributed by atoms with van der Waals surface area (Å²) < 4.78 is 2.12. The van der Waals surface area contributed by atoms with Crippen LogP contribution in [0.1, 0.15) is 0 Å². The minimum atomic E-state index is 0.969. The number of fused-ring (bicyclic) bond motifs is 4. The van der Waals surface area contributed by atoms with Crippen molar-refractivity contribution in [1.82, 2.24) is 9.97 Å². The summed E-state index contributed by atoms with van der Waals surface area (Å²) in [6.45, 7) is 0. The molecule has 226 valence electrons. The number of pyridine rings is 2. The first-order chi connectivity index (χ1) is 23.6. The summed E-state index contributed by atoms with van der Waals surface area (Å²) >= 11 is 7.13. The molecule has 7 aromatic carbocycles. The van der Waals surface area contributed by atoms with Gasteiger partial charge in [-0.3, -0.25) is 0 Å². The summed E-state index contributed by atoms with van der Waals surface area (Å²) in [5.74, 6) is 0. The van der Waals surface area contributed by atoms with Crippen LogP contribution in [0.4, 0.5) is 0 Å². The third-order valence-corrected chi connectivity index (χ3v) is 10.2. The van der Waals surface area contributed by atoms with E-state index in [-0.39, 0.29) is 0 Å². The Morgan fingerprint density at radius 2 is 0.688 bits per heavy atom. The van der Waals surface area contributed by atoms with Crippen molar-refractivity contribution in [3.8, 4) is 44.8 Å². The summed E-state index contributed by atoms with van der Waals surface area (Å²) in [7, 11) is 0. The van der Waals surface area contributed by atoms with Crippen molar-refractivity contribution in [2.24, 2.45) is 0 Å². The van der Waals surface area contributed by atoms with Crippen molar-refractivity contribution < 1.29 is 0 Å². The maximum Gasteiger partial charge on any atom is 0.0710 e. The number of hydrogen-bond donors (Lipinski definition) is 0. The smallest absolute Gasteiger partial charge is 0.0710 e. The van der Waals surface area contributed by atoms with E-state index in [9.17, 15) is 0 Å². The number of benzene rings is 7. The summed E-state index contributed by atoms with van der Waals surface area (Å²) in [5.41, 5.74) is 11.0. The van der Waals surface area contributed by atoms with Gasteiger partial charge in [0, 0.05) is 30.8 Å². The number of halogens is 2. The van der Waals surface area contributed by atoms with Gasteiger partial charge in [-0.15, -0.1) is 0 Å². The Hall–Kier alpha value is -5.16. The van der Waals surface area contributed by atoms with Gasteiger partial charge in [0.15, 0.2) is 0 Å². The highest BCUT2D eigenvalue weighted by atomic mass is 79.9. The Balaban J connectivity index is 1.14. The zero-order chi connectivity index (χ0) is 32.2. The van der Waals surface area contributed by atoms with E-state index in [1.807, 2.05) is 12.1 Å². The molecule has 0 aliphatic carbocycles. The lowest BCUT2D eigenvalue weighted by molar-refractivity contribution is 1.40. The number of hydrogen-bond acceptors (Lipinski definition) is 2. The third-order valence-electron chi connectivity index (χ3n) is 9.17. The molecule has 4 heteroatoms. The molecule has 0 unspecified atom stereocenters. The highest BCUT2D eigenvalue weighted by Crippen LogP contribution is 2.44. The highest BCUT2D eigenvalue weighted by Gasteiger charge is 2.17. The molecular weight excluding hydrogens is 716 g/mol. The first-order valence-electron chi connectivity index (χ1n) is 15.9. The Labute approximate surface area is 295 Å². The van der Waals surface area contributed by atoms with Gasteiger partial charge in [0.25, 0.3) is 0 Å². The molecule has 0 N–H and O–H groups in total. The average Bonchev–Trinajstić information content (AvgIpc) is 3.13. The molecule has 2 heterocycles. The first-order valence-corrected chi connectivity index (χ1v) is 17.5. The summed E-state index contributed by atoms with van der Waals surface area (Å²) in [5, 5.41) is 7.19. The molecule has 0 amide bonds. The van der Waals surface area contributed by atoms with Crippen LogP contribution in [0.5, 0.6) is 0 Å². The molecule has 0 fully saturated rings. The van der Waals surface area contributed by atoms with Crippen molar-refractivity contribution in [2.45, 2.75) is 0 Å². The second kappa shape index (κ2) is 11.8. The molecule has 0 aliphatic heterocycles. The molecule has 0 spiro atoms. The molecule has 9 rings (SSSR count). The van der Waals surface area contributed by atoms with Gasteiger partial charge in [0.2, 0.25) is 0 Å². The van der Waals surface area contributed by atoms with Crippen LogP contribution in [0.3, 0.4) is 0 Å². The normalized spacial score (nSPS) is 11.5. The zero-order valence-electron chi connectivity index (χ0n) is 25.7. The molecule has 0 saturated heterocycles. The van der Waals surface area contributed by atoms with Gasteiger partial charge < -0.3 is 0 Å². The zero-order valence-corrected chi connectivity index (χ0v) is 28.8. The van der Waals surface area contributed by atoms with Crippen molar-refractivity contribution in [3.05, 3.63) is 167 Å². The summed E-state index contributed by atoms with van der Waals surface area (Å²) in [4.78, 5) is 9.90. The predicted octanol–water partition coefficient (Wildman–Crippen LogP) is 13.3. The van der Waals surface area contributed by atoms with Gasteiger partial charge in [-0.25, -0.2) is 9.97 Å². The lowest BCUT2D eigenvalue weighted by Gasteiger charge is -2.18. The largest absolute Gasteiger partial charge is 0.248 e. The quantitative estimate of drug-likeness (QED) is 0.168. The monoisotopic (exact) mass is 740 g/mol. The number of nitrogens with zero attached hydrogens (tertiary/aromatic N) is 2. The van der Waals surface area contributed by atoms with Crippen LogP contribution >= 0.6 is 31.9 Å². The fraction of sp³-hybridized carbons (Fsp3) is 0. The Bertz CT molecular complexity index is 2440. The maximum absolute atomic E-state index is 4.95. The van der Waals surface area contributed by atoms with E-state index >= 15 is 0 Å². The fourth-order valence-electron chi connectivity index (χ4n) is 6.88. The average molecular weight is 743 g/mol. The molecule has 0 aliphatic rings. The van der Waals surface area contributed by atoms with Gasteiger partial charge >= 0.3 is 0 Å². The molecule has 0 radical (unpaired) electrons. The Kier molecular flexibility index (Phi) is 7.14. The Morgan fingerprint density at radius 1 is 0.333 bits per heavy atom. The number of rotatable bonds is 4.